The molecule has 1 aromatic rings. The first-order valence-corrected chi connectivity index (χ1v) is 7.34. The minimum atomic E-state index is -0.282. The van der Waals surface area contributed by atoms with E-state index < -0.39 is 0 Å². The summed E-state index contributed by atoms with van der Waals surface area (Å²) in [4.78, 5) is 16.2. The van der Waals surface area contributed by atoms with Gasteiger partial charge in [0.25, 0.3) is 0 Å². The van der Waals surface area contributed by atoms with Crippen LogP contribution in [0, 0.1) is 0 Å². The lowest BCUT2D eigenvalue weighted by molar-refractivity contribution is -0.133. The van der Waals surface area contributed by atoms with Gasteiger partial charge in [-0.1, -0.05) is 0 Å². The summed E-state index contributed by atoms with van der Waals surface area (Å²) in [5.74, 6) is 0.133. The molecule has 6 nitrogen and oxygen atoms in total. The molecule has 0 spiro atoms. The number of nitrogens with zero attached hydrogens (tertiary/aromatic N) is 4. The molecule has 0 unspecified atom stereocenters. The van der Waals surface area contributed by atoms with Crippen LogP contribution in [0.2, 0.25) is 0 Å². The summed E-state index contributed by atoms with van der Waals surface area (Å²) < 4.78 is 1.83. The van der Waals surface area contributed by atoms with Crippen molar-refractivity contribution in [2.75, 3.05) is 32.7 Å². The molecule has 0 bridgehead atoms. The summed E-state index contributed by atoms with van der Waals surface area (Å²) >= 11 is 0. The van der Waals surface area contributed by atoms with Crippen LogP contribution in [-0.2, 0) is 11.3 Å². The van der Waals surface area contributed by atoms with Crippen LogP contribution in [0.25, 0.3) is 0 Å². The van der Waals surface area contributed by atoms with Gasteiger partial charge in [-0.25, -0.2) is 0 Å². The van der Waals surface area contributed by atoms with Crippen LogP contribution < -0.4 is 0 Å². The quantitative estimate of drug-likeness (QED) is 0.808. The van der Waals surface area contributed by atoms with Gasteiger partial charge < -0.3 is 10.0 Å². The van der Waals surface area contributed by atoms with Crippen molar-refractivity contribution in [3.8, 4) is 0 Å². The Morgan fingerprint density at radius 2 is 2.40 bits per heavy atom. The van der Waals surface area contributed by atoms with Crippen molar-refractivity contribution in [2.45, 2.75) is 32.4 Å². The van der Waals surface area contributed by atoms with Gasteiger partial charge >= 0.3 is 0 Å². The van der Waals surface area contributed by atoms with Crippen molar-refractivity contribution >= 4 is 5.91 Å². The molecule has 0 aliphatic carbocycles. The molecule has 1 atom stereocenters. The zero-order valence-electron chi connectivity index (χ0n) is 12.1. The van der Waals surface area contributed by atoms with Crippen molar-refractivity contribution in [1.29, 1.82) is 0 Å². The minimum absolute atomic E-state index is 0.133. The molecule has 2 rings (SSSR count). The number of piperidine rings is 1. The highest BCUT2D eigenvalue weighted by Crippen LogP contribution is 2.09. The number of carbonyl (C=O) groups is 1. The van der Waals surface area contributed by atoms with Gasteiger partial charge in [-0.15, -0.1) is 0 Å². The average Bonchev–Trinajstić information content (AvgIpc) is 2.92. The molecule has 6 heteroatoms. The van der Waals surface area contributed by atoms with Crippen molar-refractivity contribution in [2.24, 2.45) is 0 Å². The predicted octanol–water partition coefficient (Wildman–Crippen LogP) is 0.188. The molecule has 20 heavy (non-hydrogen) atoms. The lowest BCUT2D eigenvalue weighted by atomic mass is 10.1. The Kier molecular flexibility index (Phi) is 5.55. The highest BCUT2D eigenvalue weighted by Gasteiger charge is 2.21. The average molecular weight is 280 g/mol. The molecule has 1 aliphatic heterocycles. The molecule has 1 saturated heterocycles. The second-order valence-electron chi connectivity index (χ2n) is 5.27. The number of carbonyl (C=O) groups excluding carboxylic acids is 1. The zero-order valence-corrected chi connectivity index (χ0v) is 12.1. The fourth-order valence-electron chi connectivity index (χ4n) is 2.58. The van der Waals surface area contributed by atoms with Crippen molar-refractivity contribution in [3.05, 3.63) is 18.5 Å². The Balaban J connectivity index is 1.79. The summed E-state index contributed by atoms with van der Waals surface area (Å²) in [5, 5.41) is 13.8. The topological polar surface area (TPSA) is 61.6 Å². The summed E-state index contributed by atoms with van der Waals surface area (Å²) in [6, 6.07) is 1.88. The van der Waals surface area contributed by atoms with Crippen LogP contribution in [0.4, 0.5) is 0 Å². The molecule has 1 aromatic heterocycles. The van der Waals surface area contributed by atoms with Crippen LogP contribution >= 0.6 is 0 Å². The number of amides is 1. The number of likely N-dealkylation sites (N-methyl/N-ethyl adjacent to an activating group) is 1. The molecule has 0 aromatic carbocycles. The lowest BCUT2D eigenvalue weighted by Gasteiger charge is -2.31. The maximum atomic E-state index is 12.3. The number of hydrogen-bond donors (Lipinski definition) is 1. The van der Waals surface area contributed by atoms with E-state index in [9.17, 15) is 9.90 Å². The van der Waals surface area contributed by atoms with Crippen LogP contribution in [0.5, 0.6) is 0 Å². The maximum absolute atomic E-state index is 12.3. The first kappa shape index (κ1) is 15.0. The first-order chi connectivity index (χ1) is 9.69. The highest BCUT2D eigenvalue weighted by molar-refractivity contribution is 5.78. The normalized spacial score (nSPS) is 20.0. The van der Waals surface area contributed by atoms with E-state index in [2.05, 4.69) is 5.10 Å². The van der Waals surface area contributed by atoms with Gasteiger partial charge in [0.15, 0.2) is 0 Å². The van der Waals surface area contributed by atoms with E-state index in [1.807, 2.05) is 33.7 Å². The fraction of sp³-hybridized carbons (Fsp3) is 0.714. The highest BCUT2D eigenvalue weighted by atomic mass is 16.3. The van der Waals surface area contributed by atoms with Crippen molar-refractivity contribution < 1.29 is 9.90 Å². The van der Waals surface area contributed by atoms with Gasteiger partial charge in [-0.3, -0.25) is 14.4 Å². The summed E-state index contributed by atoms with van der Waals surface area (Å²) in [5.41, 5.74) is 0. The van der Waals surface area contributed by atoms with Gasteiger partial charge in [-0.05, 0) is 32.4 Å². The number of likely N-dealkylation sites (tertiary alicyclic amines) is 1. The summed E-state index contributed by atoms with van der Waals surface area (Å²) in [7, 11) is 0. The Morgan fingerprint density at radius 1 is 1.55 bits per heavy atom. The molecule has 1 amide bonds. The molecule has 1 N–H and O–H groups in total. The third-order valence-electron chi connectivity index (χ3n) is 3.73. The Bertz CT molecular complexity index is 407. The van der Waals surface area contributed by atoms with E-state index in [1.54, 1.807) is 6.20 Å². The van der Waals surface area contributed by atoms with Gasteiger partial charge in [0.05, 0.1) is 19.2 Å². The Hall–Kier alpha value is -1.40. The smallest absolute Gasteiger partial charge is 0.236 e. The van der Waals surface area contributed by atoms with Crippen LogP contribution in [-0.4, -0.2) is 69.4 Å². The first-order valence-electron chi connectivity index (χ1n) is 7.34. The molecule has 2 heterocycles. The van der Waals surface area contributed by atoms with Crippen LogP contribution in [0.15, 0.2) is 18.5 Å². The van der Waals surface area contributed by atoms with E-state index in [1.165, 1.54) is 0 Å². The standard InChI is InChI=1S/C14H24N4O2/c1-2-17(9-10-18-8-4-6-15-18)14(20)12-16-7-3-5-13(19)11-16/h4,6,8,13,19H,2-3,5,7,9-12H2,1H3/t13-/m1/s1. The van der Waals surface area contributed by atoms with Gasteiger partial charge in [-0.2, -0.15) is 5.10 Å². The van der Waals surface area contributed by atoms with E-state index in [-0.39, 0.29) is 12.0 Å². The number of aliphatic hydroxyl groups excluding tert-OH is 1. The number of β-amino-alcohol motifs (C(OH)–C–C–N with tert-alkyl or cyclic N) is 1. The van der Waals surface area contributed by atoms with E-state index in [0.29, 0.717) is 26.2 Å². The largest absolute Gasteiger partial charge is 0.392 e. The Morgan fingerprint density at radius 3 is 3.05 bits per heavy atom. The van der Waals surface area contributed by atoms with E-state index >= 15 is 0 Å². The zero-order chi connectivity index (χ0) is 14.4. The summed E-state index contributed by atoms with van der Waals surface area (Å²) in [6.45, 7) is 6.01. The molecular weight excluding hydrogens is 256 g/mol. The van der Waals surface area contributed by atoms with Gasteiger partial charge in [0.2, 0.25) is 5.91 Å². The molecule has 0 saturated carbocycles. The number of rotatable bonds is 6. The van der Waals surface area contributed by atoms with Crippen molar-refractivity contribution in [1.82, 2.24) is 19.6 Å². The SMILES string of the molecule is CCN(CCn1cccn1)C(=O)CN1CCC[C@@H](O)C1. The molecule has 112 valence electrons. The second kappa shape index (κ2) is 7.40. The predicted molar refractivity (Wildman–Crippen MR) is 76.2 cm³/mol. The van der Waals surface area contributed by atoms with Gasteiger partial charge in [0, 0.05) is 32.0 Å². The van der Waals surface area contributed by atoms with Crippen LogP contribution in [0.3, 0.4) is 0 Å². The second-order valence-corrected chi connectivity index (χ2v) is 5.27. The maximum Gasteiger partial charge on any atom is 0.236 e. The van der Waals surface area contributed by atoms with Crippen molar-refractivity contribution in [3.63, 3.8) is 0 Å². The molecule has 0 radical (unpaired) electrons. The fourth-order valence-corrected chi connectivity index (χ4v) is 2.58. The number of hydrogen-bond acceptors (Lipinski definition) is 4. The number of aliphatic hydroxyl groups is 1. The van der Waals surface area contributed by atoms with Crippen LogP contribution in [0.1, 0.15) is 19.8 Å². The molecular formula is C14H24N4O2. The summed E-state index contributed by atoms with van der Waals surface area (Å²) in [6.07, 6.45) is 5.18. The minimum Gasteiger partial charge on any atom is -0.392 e. The molecule has 1 aliphatic rings. The number of aromatic nitrogens is 2. The molecule has 1 fully saturated rings. The Labute approximate surface area is 120 Å². The van der Waals surface area contributed by atoms with Gasteiger partial charge in [0.1, 0.15) is 0 Å². The third-order valence-corrected chi connectivity index (χ3v) is 3.73. The lowest BCUT2D eigenvalue weighted by Crippen LogP contribution is -2.46. The van der Waals surface area contributed by atoms with E-state index in [4.69, 9.17) is 0 Å². The monoisotopic (exact) mass is 280 g/mol. The van der Waals surface area contributed by atoms with E-state index in [0.717, 1.165) is 25.9 Å². The third kappa shape index (κ3) is 4.31.